The van der Waals surface area contributed by atoms with Gasteiger partial charge in [0.2, 0.25) is 0 Å². The molecule has 2 heterocycles. The van der Waals surface area contributed by atoms with E-state index in [9.17, 15) is 10.2 Å². The molecule has 5 rings (SSSR count). The summed E-state index contributed by atoms with van der Waals surface area (Å²) in [5, 5.41) is 26.2. The van der Waals surface area contributed by atoms with E-state index in [-0.39, 0.29) is 11.5 Å². The zero-order valence-corrected chi connectivity index (χ0v) is 17.2. The third-order valence-electron chi connectivity index (χ3n) is 4.94. The topological polar surface area (TPSA) is 78.3 Å². The molecule has 0 saturated carbocycles. The van der Waals surface area contributed by atoms with Gasteiger partial charge in [-0.05, 0) is 54.1 Å². The van der Waals surface area contributed by atoms with Gasteiger partial charge in [-0.3, -0.25) is 4.98 Å². The molecule has 0 saturated heterocycles. The average Bonchev–Trinajstić information content (AvgIpc) is 3.14. The van der Waals surface area contributed by atoms with Crippen LogP contribution in [0.3, 0.4) is 0 Å². The fourth-order valence-electron chi connectivity index (χ4n) is 3.54. The molecule has 3 aromatic carbocycles. The Kier molecular flexibility index (Phi) is 4.65. The van der Waals surface area contributed by atoms with Crippen molar-refractivity contribution in [2.75, 3.05) is 5.32 Å². The number of phenols is 2. The van der Waals surface area contributed by atoms with Crippen molar-refractivity contribution >= 4 is 49.2 Å². The summed E-state index contributed by atoms with van der Waals surface area (Å²) in [5.74, 6) is 0.334. The molecule has 1 unspecified atom stereocenters. The van der Waals surface area contributed by atoms with Crippen molar-refractivity contribution in [1.82, 2.24) is 9.97 Å². The van der Waals surface area contributed by atoms with Crippen LogP contribution in [0.15, 0.2) is 72.9 Å². The number of benzene rings is 3. The Labute approximate surface area is 181 Å². The Morgan fingerprint density at radius 2 is 1.73 bits per heavy atom. The van der Waals surface area contributed by atoms with Gasteiger partial charge in [-0.15, -0.1) is 0 Å². The minimum atomic E-state index is -0.408. The molecule has 5 aromatic rings. The maximum atomic E-state index is 10.8. The molecule has 0 bridgehead atoms. The Bertz CT molecular complexity index is 1370. The van der Waals surface area contributed by atoms with Gasteiger partial charge in [-0.1, -0.05) is 41.1 Å². The lowest BCUT2D eigenvalue weighted by Gasteiger charge is -2.22. The molecule has 1 atom stereocenters. The van der Waals surface area contributed by atoms with Gasteiger partial charge in [0.15, 0.2) is 5.13 Å². The zero-order valence-electron chi connectivity index (χ0n) is 15.6. The Morgan fingerprint density at radius 3 is 2.57 bits per heavy atom. The van der Waals surface area contributed by atoms with Gasteiger partial charge in [0.05, 0.1) is 21.8 Å². The van der Waals surface area contributed by atoms with E-state index in [0.717, 1.165) is 26.7 Å². The summed E-state index contributed by atoms with van der Waals surface area (Å²) in [6.45, 7) is 0. The number of halogens is 1. The molecular formula is C23H16ClN3O2S. The van der Waals surface area contributed by atoms with Gasteiger partial charge >= 0.3 is 0 Å². The van der Waals surface area contributed by atoms with Gasteiger partial charge in [-0.2, -0.15) is 0 Å². The second kappa shape index (κ2) is 7.48. The first kappa shape index (κ1) is 18.7. The largest absolute Gasteiger partial charge is 0.508 e. The number of rotatable bonds is 4. The van der Waals surface area contributed by atoms with E-state index in [2.05, 4.69) is 15.3 Å². The van der Waals surface area contributed by atoms with Crippen molar-refractivity contribution in [3.05, 3.63) is 89.1 Å². The van der Waals surface area contributed by atoms with Gasteiger partial charge in [0.1, 0.15) is 11.5 Å². The predicted octanol–water partition coefficient (Wildman–Crippen LogP) is 6.11. The second-order valence-electron chi connectivity index (χ2n) is 6.87. The minimum absolute atomic E-state index is 0.158. The summed E-state index contributed by atoms with van der Waals surface area (Å²) in [7, 11) is 0. The Hall–Kier alpha value is -3.35. The highest BCUT2D eigenvalue weighted by atomic mass is 35.5. The predicted molar refractivity (Wildman–Crippen MR) is 122 cm³/mol. The fraction of sp³-hybridized carbons (Fsp3) is 0.0435. The molecule has 0 fully saturated rings. The molecule has 0 spiro atoms. The number of hydrogen-bond donors (Lipinski definition) is 3. The third-order valence-corrected chi connectivity index (χ3v) is 6.12. The number of anilines is 1. The van der Waals surface area contributed by atoms with Crippen LogP contribution in [0.4, 0.5) is 5.13 Å². The Morgan fingerprint density at radius 1 is 0.933 bits per heavy atom. The van der Waals surface area contributed by atoms with E-state index in [1.807, 2.05) is 42.5 Å². The molecule has 30 heavy (non-hydrogen) atoms. The number of pyridine rings is 1. The molecule has 7 heteroatoms. The SMILES string of the molecule is Oc1ccc(C(Nc2nc3ccc(Cl)cc3s2)c2c(O)ccc3ncccc23)cc1. The van der Waals surface area contributed by atoms with Crippen LogP contribution in [0.25, 0.3) is 21.1 Å². The minimum Gasteiger partial charge on any atom is -0.508 e. The van der Waals surface area contributed by atoms with E-state index in [1.165, 1.54) is 11.3 Å². The average molecular weight is 434 g/mol. The quantitative estimate of drug-likeness (QED) is 0.318. The molecular weight excluding hydrogens is 418 g/mol. The van der Waals surface area contributed by atoms with Gasteiger partial charge < -0.3 is 15.5 Å². The van der Waals surface area contributed by atoms with Crippen LogP contribution in [0.2, 0.25) is 5.02 Å². The molecule has 2 aromatic heterocycles. The van der Waals surface area contributed by atoms with Crippen LogP contribution in [-0.4, -0.2) is 20.2 Å². The first-order valence-electron chi connectivity index (χ1n) is 9.26. The number of nitrogens with zero attached hydrogens (tertiary/aromatic N) is 2. The number of phenolic OH excluding ortho intramolecular Hbond substituents is 2. The highest BCUT2D eigenvalue weighted by Gasteiger charge is 2.22. The van der Waals surface area contributed by atoms with Crippen molar-refractivity contribution in [3.63, 3.8) is 0 Å². The van der Waals surface area contributed by atoms with Crippen molar-refractivity contribution < 1.29 is 10.2 Å². The fourth-order valence-corrected chi connectivity index (χ4v) is 4.71. The zero-order chi connectivity index (χ0) is 20.7. The number of thiazole rings is 1. The molecule has 5 nitrogen and oxygen atoms in total. The second-order valence-corrected chi connectivity index (χ2v) is 8.34. The number of nitrogens with one attached hydrogen (secondary N) is 1. The lowest BCUT2D eigenvalue weighted by atomic mass is 9.94. The monoisotopic (exact) mass is 433 g/mol. The standard InChI is InChI=1S/C23H16ClN3O2S/c24-14-5-8-18-20(12-14)30-23(26-18)27-22(13-3-6-15(28)7-4-13)21-16-2-1-11-25-17(16)9-10-19(21)29/h1-12,22,28-29H,(H,26,27). The first-order chi connectivity index (χ1) is 14.6. The molecule has 0 aliphatic rings. The number of aromatic hydroxyl groups is 2. The normalized spacial score (nSPS) is 12.3. The van der Waals surface area contributed by atoms with Crippen LogP contribution in [-0.2, 0) is 0 Å². The number of fused-ring (bicyclic) bond motifs is 2. The van der Waals surface area contributed by atoms with E-state index >= 15 is 0 Å². The lowest BCUT2D eigenvalue weighted by molar-refractivity contribution is 0.467. The van der Waals surface area contributed by atoms with Crippen molar-refractivity contribution in [2.45, 2.75) is 6.04 Å². The highest BCUT2D eigenvalue weighted by Crippen LogP contribution is 2.39. The molecule has 0 amide bonds. The summed E-state index contributed by atoms with van der Waals surface area (Å²) in [6, 6.07) is 19.3. The van der Waals surface area contributed by atoms with E-state index in [0.29, 0.717) is 15.7 Å². The summed E-state index contributed by atoms with van der Waals surface area (Å²) >= 11 is 7.61. The van der Waals surface area contributed by atoms with Crippen LogP contribution in [0.5, 0.6) is 11.5 Å². The Balaban J connectivity index is 1.68. The molecule has 0 radical (unpaired) electrons. The van der Waals surface area contributed by atoms with E-state index < -0.39 is 6.04 Å². The summed E-state index contributed by atoms with van der Waals surface area (Å²) < 4.78 is 0.971. The van der Waals surface area contributed by atoms with E-state index in [1.54, 1.807) is 30.5 Å². The molecule has 0 aliphatic heterocycles. The maximum Gasteiger partial charge on any atom is 0.184 e. The van der Waals surface area contributed by atoms with Gasteiger partial charge in [-0.25, -0.2) is 4.98 Å². The molecule has 148 valence electrons. The third kappa shape index (κ3) is 3.40. The van der Waals surface area contributed by atoms with Crippen LogP contribution >= 0.6 is 22.9 Å². The van der Waals surface area contributed by atoms with Gasteiger partial charge in [0.25, 0.3) is 0 Å². The van der Waals surface area contributed by atoms with Crippen LogP contribution in [0, 0.1) is 0 Å². The summed E-state index contributed by atoms with van der Waals surface area (Å²) in [5.41, 5.74) is 3.20. The molecule has 0 aliphatic carbocycles. The highest BCUT2D eigenvalue weighted by molar-refractivity contribution is 7.22. The smallest absolute Gasteiger partial charge is 0.184 e. The lowest BCUT2D eigenvalue weighted by Crippen LogP contribution is -2.13. The van der Waals surface area contributed by atoms with Crippen molar-refractivity contribution in [2.24, 2.45) is 0 Å². The van der Waals surface area contributed by atoms with Crippen molar-refractivity contribution in [1.29, 1.82) is 0 Å². The van der Waals surface area contributed by atoms with Gasteiger partial charge in [0, 0.05) is 22.2 Å². The van der Waals surface area contributed by atoms with Crippen LogP contribution in [0.1, 0.15) is 17.2 Å². The van der Waals surface area contributed by atoms with E-state index in [4.69, 9.17) is 11.6 Å². The van der Waals surface area contributed by atoms with Crippen LogP contribution < -0.4 is 5.32 Å². The number of hydrogen-bond acceptors (Lipinski definition) is 6. The summed E-state index contributed by atoms with van der Waals surface area (Å²) in [6.07, 6.45) is 1.73. The maximum absolute atomic E-state index is 10.8. The summed E-state index contributed by atoms with van der Waals surface area (Å²) in [4.78, 5) is 9.09. The van der Waals surface area contributed by atoms with Crippen molar-refractivity contribution in [3.8, 4) is 11.5 Å². The first-order valence-corrected chi connectivity index (χ1v) is 10.5. The number of aromatic nitrogens is 2. The molecule has 3 N–H and O–H groups in total.